The molecule has 0 saturated heterocycles. The van der Waals surface area contributed by atoms with E-state index in [1.807, 2.05) is 17.4 Å². The monoisotopic (exact) mass is 216 g/mol. The lowest BCUT2D eigenvalue weighted by molar-refractivity contribution is 0.947. The molecule has 0 N–H and O–H groups in total. The lowest BCUT2D eigenvalue weighted by Gasteiger charge is -2.08. The fourth-order valence-electron chi connectivity index (χ4n) is 2.03. The van der Waals surface area contributed by atoms with E-state index in [2.05, 4.69) is 38.7 Å². The van der Waals surface area contributed by atoms with E-state index in [1.54, 1.807) is 0 Å². The summed E-state index contributed by atoms with van der Waals surface area (Å²) in [6.07, 6.45) is 10.9. The van der Waals surface area contributed by atoms with Gasteiger partial charge in [-0.05, 0) is 43.5 Å². The fourth-order valence-corrected chi connectivity index (χ4v) is 3.28. The number of rotatable bonds is 1. The molecule has 0 fully saturated rings. The average molecular weight is 216 g/mol. The number of allylic oxidation sites excluding steroid dienone is 2. The van der Waals surface area contributed by atoms with Crippen molar-refractivity contribution in [1.82, 2.24) is 0 Å². The second-order valence-electron chi connectivity index (χ2n) is 3.90. The van der Waals surface area contributed by atoms with Gasteiger partial charge in [-0.3, -0.25) is 0 Å². The minimum atomic E-state index is 1.20. The highest BCUT2D eigenvalue weighted by atomic mass is 32.1. The summed E-state index contributed by atoms with van der Waals surface area (Å²) in [6.45, 7) is 8.11. The van der Waals surface area contributed by atoms with Crippen LogP contribution in [0, 0.1) is 0 Å². The van der Waals surface area contributed by atoms with Gasteiger partial charge in [0.1, 0.15) is 0 Å². The summed E-state index contributed by atoms with van der Waals surface area (Å²) >= 11 is 1.91. The Labute approximate surface area is 95.0 Å². The summed E-state index contributed by atoms with van der Waals surface area (Å²) in [5.74, 6) is 0. The lowest BCUT2D eigenvalue weighted by Crippen LogP contribution is -2.20. The molecule has 0 unspecified atom stereocenters. The summed E-state index contributed by atoms with van der Waals surface area (Å²) in [4.78, 5) is 1.53. The first-order chi connectivity index (χ1) is 7.26. The molecular weight excluding hydrogens is 200 g/mol. The van der Waals surface area contributed by atoms with Crippen molar-refractivity contribution in [2.24, 2.45) is 0 Å². The minimum Gasteiger partial charge on any atom is -0.140 e. The summed E-state index contributed by atoms with van der Waals surface area (Å²) in [5, 5.41) is 1.38. The van der Waals surface area contributed by atoms with Crippen LogP contribution in [0.3, 0.4) is 0 Å². The van der Waals surface area contributed by atoms with Crippen LogP contribution in [0.1, 0.15) is 30.7 Å². The van der Waals surface area contributed by atoms with Crippen molar-refractivity contribution in [1.29, 1.82) is 0 Å². The molecule has 0 aliphatic heterocycles. The van der Waals surface area contributed by atoms with Crippen molar-refractivity contribution in [3.8, 4) is 0 Å². The van der Waals surface area contributed by atoms with Crippen LogP contribution in [0.25, 0.3) is 18.2 Å². The Bertz CT molecular complexity index is 526. The van der Waals surface area contributed by atoms with Gasteiger partial charge in [-0.25, -0.2) is 0 Å². The van der Waals surface area contributed by atoms with Crippen molar-refractivity contribution in [2.75, 3.05) is 0 Å². The first kappa shape index (κ1) is 10.4. The van der Waals surface area contributed by atoms with Crippen LogP contribution < -0.4 is 9.75 Å². The standard InChI is InChI=1S/C14H16S/c1-4-6-13-11(5-2)12-9-10(3)7-8-14(12)15-13/h4-6,9H,1,7-8H2,2-3H3/b11-5-,13-6+. The maximum Gasteiger partial charge on any atom is 0.0348 e. The van der Waals surface area contributed by atoms with E-state index in [9.17, 15) is 0 Å². The van der Waals surface area contributed by atoms with E-state index in [1.165, 1.54) is 38.6 Å². The number of thiophene rings is 1. The van der Waals surface area contributed by atoms with Crippen LogP contribution in [0.15, 0.2) is 18.2 Å². The van der Waals surface area contributed by atoms with Crippen molar-refractivity contribution >= 4 is 29.6 Å². The molecule has 0 saturated carbocycles. The van der Waals surface area contributed by atoms with Crippen LogP contribution in [-0.2, 0) is 6.42 Å². The maximum atomic E-state index is 3.77. The van der Waals surface area contributed by atoms with Gasteiger partial charge in [0.05, 0.1) is 0 Å². The van der Waals surface area contributed by atoms with Crippen molar-refractivity contribution in [3.05, 3.63) is 38.4 Å². The second kappa shape index (κ2) is 4.19. The van der Waals surface area contributed by atoms with Crippen LogP contribution in [0.5, 0.6) is 0 Å². The molecule has 0 radical (unpaired) electrons. The zero-order valence-corrected chi connectivity index (χ0v) is 10.2. The quantitative estimate of drug-likeness (QED) is 0.677. The summed E-state index contributed by atoms with van der Waals surface area (Å²) < 4.78 is 1.35. The Balaban J connectivity index is 2.77. The Morgan fingerprint density at radius 2 is 2.20 bits per heavy atom. The molecule has 0 spiro atoms. The smallest absolute Gasteiger partial charge is 0.0348 e. The number of hydrogen-bond acceptors (Lipinski definition) is 1. The molecule has 1 aliphatic carbocycles. The van der Waals surface area contributed by atoms with E-state index < -0.39 is 0 Å². The van der Waals surface area contributed by atoms with Gasteiger partial charge in [0, 0.05) is 9.41 Å². The molecule has 1 heterocycles. The molecular formula is C14H16S. The van der Waals surface area contributed by atoms with E-state index in [0.717, 1.165) is 0 Å². The Morgan fingerprint density at radius 3 is 2.87 bits per heavy atom. The van der Waals surface area contributed by atoms with Gasteiger partial charge in [0.15, 0.2) is 0 Å². The Hall–Kier alpha value is -1.08. The van der Waals surface area contributed by atoms with E-state index in [-0.39, 0.29) is 0 Å². The third-order valence-electron chi connectivity index (χ3n) is 2.78. The van der Waals surface area contributed by atoms with Crippen LogP contribution >= 0.6 is 11.3 Å². The van der Waals surface area contributed by atoms with Crippen molar-refractivity contribution in [2.45, 2.75) is 26.7 Å². The number of aryl methyl sites for hydroxylation is 1. The Kier molecular flexibility index (Phi) is 2.92. The van der Waals surface area contributed by atoms with E-state index in [0.29, 0.717) is 0 Å². The van der Waals surface area contributed by atoms with Gasteiger partial charge in [0.2, 0.25) is 0 Å². The normalized spacial score (nSPS) is 17.6. The summed E-state index contributed by atoms with van der Waals surface area (Å²) in [5.41, 5.74) is 2.94. The van der Waals surface area contributed by atoms with Gasteiger partial charge in [-0.15, -0.1) is 11.3 Å². The molecule has 1 aromatic rings. The van der Waals surface area contributed by atoms with Gasteiger partial charge in [0.25, 0.3) is 0 Å². The molecule has 2 rings (SSSR count). The molecule has 0 aromatic carbocycles. The first-order valence-corrected chi connectivity index (χ1v) is 6.16. The van der Waals surface area contributed by atoms with Crippen molar-refractivity contribution < 1.29 is 0 Å². The molecule has 0 nitrogen and oxygen atoms in total. The zero-order chi connectivity index (χ0) is 10.8. The van der Waals surface area contributed by atoms with Crippen LogP contribution in [-0.4, -0.2) is 0 Å². The fraction of sp³-hybridized carbons (Fsp3) is 0.286. The lowest BCUT2D eigenvalue weighted by atomic mass is 9.99. The van der Waals surface area contributed by atoms with Gasteiger partial charge >= 0.3 is 0 Å². The maximum absolute atomic E-state index is 3.77. The first-order valence-electron chi connectivity index (χ1n) is 5.34. The molecule has 0 amide bonds. The topological polar surface area (TPSA) is 0 Å². The molecule has 78 valence electrons. The third kappa shape index (κ3) is 1.84. The highest BCUT2D eigenvalue weighted by Gasteiger charge is 2.11. The van der Waals surface area contributed by atoms with Gasteiger partial charge in [-0.2, -0.15) is 0 Å². The predicted octanol–water partition coefficient (Wildman–Crippen LogP) is 2.86. The van der Waals surface area contributed by atoms with Crippen LogP contribution in [0.2, 0.25) is 0 Å². The van der Waals surface area contributed by atoms with Gasteiger partial charge < -0.3 is 0 Å². The summed E-state index contributed by atoms with van der Waals surface area (Å²) in [6, 6.07) is 0. The number of hydrogen-bond donors (Lipinski definition) is 0. The molecule has 0 bridgehead atoms. The largest absolute Gasteiger partial charge is 0.140 e. The Morgan fingerprint density at radius 1 is 1.40 bits per heavy atom. The SMILES string of the molecule is C=C/C=c1/sc2c(/c1=C/C)C=C(C)CC2. The minimum absolute atomic E-state index is 1.20. The average Bonchev–Trinajstić information content (AvgIpc) is 2.55. The molecule has 0 atom stereocenters. The highest BCUT2D eigenvalue weighted by Crippen LogP contribution is 2.22. The molecule has 1 aliphatic rings. The van der Waals surface area contributed by atoms with Crippen LogP contribution in [0.4, 0.5) is 0 Å². The second-order valence-corrected chi connectivity index (χ2v) is 5.04. The van der Waals surface area contributed by atoms with Gasteiger partial charge in [-0.1, -0.05) is 30.4 Å². The highest BCUT2D eigenvalue weighted by molar-refractivity contribution is 7.10. The molecule has 1 heteroatoms. The predicted molar refractivity (Wildman–Crippen MR) is 70.3 cm³/mol. The molecule has 1 aromatic heterocycles. The zero-order valence-electron chi connectivity index (χ0n) is 9.34. The van der Waals surface area contributed by atoms with E-state index >= 15 is 0 Å². The third-order valence-corrected chi connectivity index (χ3v) is 4.03. The van der Waals surface area contributed by atoms with E-state index in [4.69, 9.17) is 0 Å². The van der Waals surface area contributed by atoms with Crippen molar-refractivity contribution in [3.63, 3.8) is 0 Å². The molecule has 15 heavy (non-hydrogen) atoms. The number of fused-ring (bicyclic) bond motifs is 1. The summed E-state index contributed by atoms with van der Waals surface area (Å²) in [7, 11) is 0.